The van der Waals surface area contributed by atoms with E-state index in [-0.39, 0.29) is 47.8 Å². The van der Waals surface area contributed by atoms with Gasteiger partial charge in [-0.2, -0.15) is 4.31 Å². The number of hydrogen-bond donors (Lipinski definition) is 1. The number of amides is 1. The summed E-state index contributed by atoms with van der Waals surface area (Å²) in [5.41, 5.74) is -0.104. The molecule has 1 amide bonds. The zero-order valence-electron chi connectivity index (χ0n) is 19.0. The Balaban J connectivity index is 1.75. The number of aliphatic hydroxyl groups excluding tert-OH is 1. The minimum Gasteiger partial charge on any atom is -0.507 e. The molecule has 0 radical (unpaired) electrons. The minimum atomic E-state index is -3.76. The summed E-state index contributed by atoms with van der Waals surface area (Å²) in [5.74, 6) is -3.01. The molecule has 2 aromatic rings. The molecule has 186 valence electrons. The number of ether oxygens (including phenoxy) is 2. The van der Waals surface area contributed by atoms with Crippen LogP contribution in [0.1, 0.15) is 17.2 Å². The van der Waals surface area contributed by atoms with Crippen molar-refractivity contribution in [2.45, 2.75) is 10.9 Å². The average Bonchev–Trinajstić information content (AvgIpc) is 3.12. The number of rotatable bonds is 7. The highest BCUT2D eigenvalue weighted by atomic mass is 32.2. The molecule has 2 aromatic carbocycles. The summed E-state index contributed by atoms with van der Waals surface area (Å²) in [6, 6.07) is 9.87. The summed E-state index contributed by atoms with van der Waals surface area (Å²) >= 11 is 0. The second kappa shape index (κ2) is 10.2. The maximum atomic E-state index is 14.7. The van der Waals surface area contributed by atoms with Gasteiger partial charge in [0.25, 0.3) is 11.7 Å². The van der Waals surface area contributed by atoms with Crippen molar-refractivity contribution in [3.63, 3.8) is 0 Å². The molecular formula is C24H25FN2O7S. The molecule has 2 fully saturated rings. The maximum Gasteiger partial charge on any atom is 0.295 e. The van der Waals surface area contributed by atoms with E-state index in [0.717, 1.165) is 4.90 Å². The molecule has 2 aliphatic rings. The number of Topliss-reactive ketones (excluding diaryl/α,β-unsaturated/α-hetero) is 1. The number of methoxy groups -OCH3 is 1. The van der Waals surface area contributed by atoms with Crippen LogP contribution in [0, 0.1) is 5.82 Å². The maximum absolute atomic E-state index is 14.7. The van der Waals surface area contributed by atoms with Crippen LogP contribution in [0.4, 0.5) is 4.39 Å². The molecule has 11 heteroatoms. The predicted octanol–water partition coefficient (Wildman–Crippen LogP) is 1.91. The van der Waals surface area contributed by atoms with E-state index in [1.54, 1.807) is 6.07 Å². The second-order valence-electron chi connectivity index (χ2n) is 8.05. The smallest absolute Gasteiger partial charge is 0.295 e. The van der Waals surface area contributed by atoms with E-state index in [4.69, 9.17) is 9.47 Å². The van der Waals surface area contributed by atoms with E-state index in [0.29, 0.717) is 13.2 Å². The summed E-state index contributed by atoms with van der Waals surface area (Å²) < 4.78 is 52.0. The highest BCUT2D eigenvalue weighted by Gasteiger charge is 2.46. The molecule has 35 heavy (non-hydrogen) atoms. The normalized spacial score (nSPS) is 21.0. The molecule has 2 heterocycles. The van der Waals surface area contributed by atoms with Crippen LogP contribution >= 0.6 is 0 Å². The summed E-state index contributed by atoms with van der Waals surface area (Å²) in [6.45, 7) is 1.18. The lowest BCUT2D eigenvalue weighted by atomic mass is 9.95. The first-order chi connectivity index (χ1) is 16.8. The van der Waals surface area contributed by atoms with Crippen molar-refractivity contribution in [2.24, 2.45) is 0 Å². The van der Waals surface area contributed by atoms with Gasteiger partial charge >= 0.3 is 0 Å². The number of carbonyl (C=O) groups excluding carboxylic acids is 2. The fraction of sp³-hybridized carbons (Fsp3) is 0.333. The van der Waals surface area contributed by atoms with Crippen molar-refractivity contribution in [2.75, 3.05) is 46.6 Å². The molecule has 1 N–H and O–H groups in total. The lowest BCUT2D eigenvalue weighted by Crippen LogP contribution is -2.40. The van der Waals surface area contributed by atoms with Crippen molar-refractivity contribution >= 4 is 27.5 Å². The van der Waals surface area contributed by atoms with Crippen molar-refractivity contribution in [1.82, 2.24) is 9.21 Å². The van der Waals surface area contributed by atoms with E-state index >= 15 is 0 Å². The van der Waals surface area contributed by atoms with Crippen LogP contribution in [0.25, 0.3) is 5.76 Å². The summed E-state index contributed by atoms with van der Waals surface area (Å²) in [5, 5.41) is 11.1. The zero-order chi connectivity index (χ0) is 25.2. The Morgan fingerprint density at radius 3 is 2.40 bits per heavy atom. The molecule has 9 nitrogen and oxygen atoms in total. The summed E-state index contributed by atoms with van der Waals surface area (Å²) in [7, 11) is -2.33. The number of benzene rings is 2. The van der Waals surface area contributed by atoms with E-state index in [2.05, 4.69) is 0 Å². The Labute approximate surface area is 202 Å². The first-order valence-corrected chi connectivity index (χ1v) is 12.4. The molecule has 0 bridgehead atoms. The predicted molar refractivity (Wildman–Crippen MR) is 123 cm³/mol. The Kier molecular flexibility index (Phi) is 7.31. The first kappa shape index (κ1) is 25.0. The molecular weight excluding hydrogens is 479 g/mol. The molecule has 1 atom stereocenters. The van der Waals surface area contributed by atoms with Gasteiger partial charge in [-0.1, -0.05) is 18.2 Å². The number of carbonyl (C=O) groups is 2. The van der Waals surface area contributed by atoms with Gasteiger partial charge in [0.05, 0.1) is 36.3 Å². The van der Waals surface area contributed by atoms with Gasteiger partial charge < -0.3 is 19.5 Å². The van der Waals surface area contributed by atoms with Crippen molar-refractivity contribution in [3.05, 3.63) is 71.0 Å². The number of morpholine rings is 1. The zero-order valence-corrected chi connectivity index (χ0v) is 19.8. The first-order valence-electron chi connectivity index (χ1n) is 11.0. The Hall–Kier alpha value is -3.12. The lowest BCUT2D eigenvalue weighted by molar-refractivity contribution is -0.140. The Bertz CT molecular complexity index is 1250. The van der Waals surface area contributed by atoms with Gasteiger partial charge in [-0.15, -0.1) is 0 Å². The third-order valence-electron chi connectivity index (χ3n) is 6.01. The number of hydrogen-bond acceptors (Lipinski definition) is 7. The largest absolute Gasteiger partial charge is 0.507 e. The van der Waals surface area contributed by atoms with Gasteiger partial charge in [-0.3, -0.25) is 9.59 Å². The fourth-order valence-electron chi connectivity index (χ4n) is 4.20. The number of halogens is 1. The highest BCUT2D eigenvalue weighted by Crippen LogP contribution is 2.40. The molecule has 0 spiro atoms. The van der Waals surface area contributed by atoms with Crippen molar-refractivity contribution in [1.29, 1.82) is 0 Å². The van der Waals surface area contributed by atoms with Crippen molar-refractivity contribution in [3.8, 4) is 0 Å². The van der Waals surface area contributed by atoms with Gasteiger partial charge in [-0.25, -0.2) is 12.8 Å². The number of sulfonamides is 1. The number of nitrogens with zero attached hydrogens (tertiary/aromatic N) is 2. The van der Waals surface area contributed by atoms with Crippen LogP contribution in [-0.2, 0) is 29.1 Å². The van der Waals surface area contributed by atoms with E-state index < -0.39 is 39.3 Å². The van der Waals surface area contributed by atoms with Crippen LogP contribution < -0.4 is 0 Å². The summed E-state index contributed by atoms with van der Waals surface area (Å²) in [6.07, 6.45) is 0. The SMILES string of the molecule is COCCN1C(=O)C(=O)C(=C(O)c2ccc(S(=O)(=O)N3CCOCC3)cc2)[C@@H]1c1ccccc1F. The third kappa shape index (κ3) is 4.72. The quantitative estimate of drug-likeness (QED) is 0.348. The standard InChI is InChI=1S/C24H25FN2O7S/c1-33-13-12-27-21(18-4-2-3-5-19(18)25)20(23(29)24(27)30)22(28)16-6-8-17(9-7-16)35(31,32)26-10-14-34-15-11-26/h2-9,21,28H,10-15H2,1H3/t21-/m0/s1. The Morgan fingerprint density at radius 1 is 1.11 bits per heavy atom. The van der Waals surface area contributed by atoms with E-state index in [9.17, 15) is 27.5 Å². The number of aliphatic hydroxyl groups is 1. The van der Waals surface area contributed by atoms with Gasteiger partial charge in [0.1, 0.15) is 11.6 Å². The lowest BCUT2D eigenvalue weighted by Gasteiger charge is -2.26. The van der Waals surface area contributed by atoms with Crippen molar-refractivity contribution < 1.29 is 37.0 Å². The molecule has 4 rings (SSSR count). The highest BCUT2D eigenvalue weighted by molar-refractivity contribution is 7.89. The van der Waals surface area contributed by atoms with Crippen LogP contribution in [0.2, 0.25) is 0 Å². The molecule has 0 aliphatic carbocycles. The molecule has 0 saturated carbocycles. The summed E-state index contributed by atoms with van der Waals surface area (Å²) in [4.78, 5) is 26.9. The fourth-order valence-corrected chi connectivity index (χ4v) is 5.60. The van der Waals surface area contributed by atoms with E-state index in [1.807, 2.05) is 0 Å². The molecule has 0 aromatic heterocycles. The van der Waals surface area contributed by atoms with Gasteiger partial charge in [0, 0.05) is 37.9 Å². The van der Waals surface area contributed by atoms with Crippen LogP contribution in [0.15, 0.2) is 59.0 Å². The topological polar surface area (TPSA) is 113 Å². The van der Waals surface area contributed by atoms with Gasteiger partial charge in [0.2, 0.25) is 10.0 Å². The third-order valence-corrected chi connectivity index (χ3v) is 7.92. The van der Waals surface area contributed by atoms with Gasteiger partial charge in [0.15, 0.2) is 0 Å². The molecule has 2 saturated heterocycles. The van der Waals surface area contributed by atoms with Crippen LogP contribution in [-0.4, -0.2) is 81.0 Å². The molecule has 2 aliphatic heterocycles. The van der Waals surface area contributed by atoms with E-state index in [1.165, 1.54) is 53.9 Å². The molecule has 0 unspecified atom stereocenters. The monoisotopic (exact) mass is 504 g/mol. The second-order valence-corrected chi connectivity index (χ2v) is 9.99. The minimum absolute atomic E-state index is 0.00752. The Morgan fingerprint density at radius 2 is 1.77 bits per heavy atom. The average molecular weight is 505 g/mol. The van der Waals surface area contributed by atoms with Crippen LogP contribution in [0.5, 0.6) is 0 Å². The number of likely N-dealkylation sites (tertiary alicyclic amines) is 1. The van der Waals surface area contributed by atoms with Crippen LogP contribution in [0.3, 0.4) is 0 Å². The van der Waals surface area contributed by atoms with Gasteiger partial charge in [-0.05, 0) is 30.3 Å². The number of ketones is 1.